The largest absolute Gasteiger partial charge is 0.152 e. The second kappa shape index (κ2) is 21.0. The summed E-state index contributed by atoms with van der Waals surface area (Å²) in [5.41, 5.74) is 1.59. The van der Waals surface area contributed by atoms with Crippen LogP contribution in [0.15, 0.2) is 16.8 Å². The van der Waals surface area contributed by atoms with Crippen LogP contribution in [0, 0.1) is 5.92 Å². The van der Waals surface area contributed by atoms with Gasteiger partial charge in [-0.15, -0.1) is 0 Å². The average molecular weight is 421 g/mol. The molecule has 0 saturated carbocycles. The lowest BCUT2D eigenvalue weighted by atomic mass is 9.89. The van der Waals surface area contributed by atoms with E-state index in [-0.39, 0.29) is 0 Å². The van der Waals surface area contributed by atoms with Gasteiger partial charge in [0.1, 0.15) is 0 Å². The van der Waals surface area contributed by atoms with Crippen molar-refractivity contribution in [2.24, 2.45) is 5.92 Å². The van der Waals surface area contributed by atoms with Crippen LogP contribution in [0.3, 0.4) is 0 Å². The van der Waals surface area contributed by atoms with Gasteiger partial charge in [0.25, 0.3) is 0 Å². The maximum atomic E-state index is 2.37. The molecule has 1 heteroatoms. The van der Waals surface area contributed by atoms with Gasteiger partial charge in [-0.3, -0.25) is 0 Å². The molecule has 1 atom stereocenters. The summed E-state index contributed by atoms with van der Waals surface area (Å²) in [7, 11) is 0. The van der Waals surface area contributed by atoms with Gasteiger partial charge in [-0.05, 0) is 34.7 Å². The highest BCUT2D eigenvalue weighted by atomic mass is 32.1. The lowest BCUT2D eigenvalue weighted by Crippen LogP contribution is -2.05. The van der Waals surface area contributed by atoms with Crippen molar-refractivity contribution >= 4 is 11.3 Å². The Hall–Kier alpha value is -0.300. The molecule has 29 heavy (non-hydrogen) atoms. The fourth-order valence-electron chi connectivity index (χ4n) is 4.58. The Morgan fingerprint density at radius 2 is 1.00 bits per heavy atom. The molecular weight excluding hydrogens is 368 g/mol. The van der Waals surface area contributed by atoms with Crippen molar-refractivity contribution in [2.75, 3.05) is 0 Å². The number of hydrogen-bond acceptors (Lipinski definition) is 1. The molecule has 0 bridgehead atoms. The van der Waals surface area contributed by atoms with Crippen molar-refractivity contribution in [1.82, 2.24) is 0 Å². The van der Waals surface area contributed by atoms with E-state index >= 15 is 0 Å². The fourth-order valence-corrected chi connectivity index (χ4v) is 5.26. The van der Waals surface area contributed by atoms with E-state index in [1.165, 1.54) is 135 Å². The molecule has 0 aliphatic rings. The van der Waals surface area contributed by atoms with Crippen LogP contribution in [0.25, 0.3) is 0 Å². The highest BCUT2D eigenvalue weighted by molar-refractivity contribution is 7.07. The summed E-state index contributed by atoms with van der Waals surface area (Å²) in [6.45, 7) is 4.61. The minimum atomic E-state index is 0.929. The summed E-state index contributed by atoms with van der Waals surface area (Å²) >= 11 is 1.87. The third-order valence-electron chi connectivity index (χ3n) is 6.54. The van der Waals surface area contributed by atoms with Crippen molar-refractivity contribution < 1.29 is 0 Å². The van der Waals surface area contributed by atoms with Crippen LogP contribution < -0.4 is 0 Å². The molecule has 1 aromatic rings. The summed E-state index contributed by atoms with van der Waals surface area (Å²) in [6, 6.07) is 2.35. The van der Waals surface area contributed by atoms with E-state index in [2.05, 4.69) is 30.7 Å². The summed E-state index contributed by atoms with van der Waals surface area (Å²) in [5.74, 6) is 0.929. The Balaban J connectivity index is 2.07. The van der Waals surface area contributed by atoms with E-state index < -0.39 is 0 Å². The minimum absolute atomic E-state index is 0.929. The van der Waals surface area contributed by atoms with Crippen LogP contribution in [0.1, 0.15) is 148 Å². The van der Waals surface area contributed by atoms with Gasteiger partial charge in [-0.2, -0.15) is 11.3 Å². The first-order valence-electron chi connectivity index (χ1n) is 13.4. The Labute approximate surface area is 188 Å². The molecule has 170 valence electrons. The van der Waals surface area contributed by atoms with Gasteiger partial charge < -0.3 is 0 Å². The minimum Gasteiger partial charge on any atom is -0.152 e. The molecule has 0 fully saturated rings. The molecule has 0 nitrogen and oxygen atoms in total. The molecule has 0 N–H and O–H groups in total. The Kier molecular flexibility index (Phi) is 19.3. The smallest absolute Gasteiger partial charge is 0.00612 e. The summed E-state index contributed by atoms with van der Waals surface area (Å²) < 4.78 is 0. The lowest BCUT2D eigenvalue weighted by molar-refractivity contribution is 0.400. The molecule has 0 saturated heterocycles. The molecular formula is C28H52S. The van der Waals surface area contributed by atoms with E-state index in [1.54, 1.807) is 5.56 Å². The second-order valence-electron chi connectivity index (χ2n) is 9.44. The summed E-state index contributed by atoms with van der Waals surface area (Å²) in [5, 5.41) is 4.63. The Morgan fingerprint density at radius 3 is 1.38 bits per heavy atom. The van der Waals surface area contributed by atoms with Gasteiger partial charge >= 0.3 is 0 Å². The Morgan fingerprint density at radius 1 is 0.586 bits per heavy atom. The van der Waals surface area contributed by atoms with Gasteiger partial charge in [0.15, 0.2) is 0 Å². The van der Waals surface area contributed by atoms with Crippen molar-refractivity contribution in [2.45, 2.75) is 149 Å². The van der Waals surface area contributed by atoms with Gasteiger partial charge in [-0.1, -0.05) is 142 Å². The lowest BCUT2D eigenvalue weighted by Gasteiger charge is -2.16. The van der Waals surface area contributed by atoms with Gasteiger partial charge in [0.05, 0.1) is 0 Å². The van der Waals surface area contributed by atoms with Crippen LogP contribution in [0.4, 0.5) is 0 Å². The first-order valence-corrected chi connectivity index (χ1v) is 14.3. The molecule has 0 aromatic carbocycles. The summed E-state index contributed by atoms with van der Waals surface area (Å²) in [4.78, 5) is 0. The number of unbranched alkanes of at least 4 members (excludes halogenated alkanes) is 16. The van der Waals surface area contributed by atoms with E-state index in [0.717, 1.165) is 5.92 Å². The molecule has 0 aliphatic carbocycles. The normalized spacial score (nSPS) is 12.5. The van der Waals surface area contributed by atoms with Crippen LogP contribution in [0.2, 0.25) is 0 Å². The third-order valence-corrected chi connectivity index (χ3v) is 7.27. The third kappa shape index (κ3) is 17.1. The maximum Gasteiger partial charge on any atom is -0.00612 e. The number of hydrogen-bond donors (Lipinski definition) is 0. The molecule has 0 radical (unpaired) electrons. The first kappa shape index (κ1) is 26.7. The monoisotopic (exact) mass is 420 g/mol. The SMILES string of the molecule is CCCCCCCCCCCC[C@H](CCCCCCCCCC)Cc1ccsc1. The van der Waals surface area contributed by atoms with Crippen LogP contribution in [0.5, 0.6) is 0 Å². The zero-order chi connectivity index (χ0) is 20.8. The Bertz CT molecular complexity index is 408. The van der Waals surface area contributed by atoms with Gasteiger partial charge in [0.2, 0.25) is 0 Å². The summed E-state index contributed by atoms with van der Waals surface area (Å²) in [6.07, 6.45) is 30.4. The van der Waals surface area contributed by atoms with E-state index in [9.17, 15) is 0 Å². The fraction of sp³-hybridized carbons (Fsp3) is 0.857. The van der Waals surface area contributed by atoms with Crippen LogP contribution in [-0.2, 0) is 6.42 Å². The highest BCUT2D eigenvalue weighted by Gasteiger charge is 2.10. The first-order chi connectivity index (χ1) is 14.4. The zero-order valence-electron chi connectivity index (χ0n) is 20.1. The topological polar surface area (TPSA) is 0 Å². The van der Waals surface area contributed by atoms with Crippen LogP contribution >= 0.6 is 11.3 Å². The molecule has 1 aromatic heterocycles. The molecule has 1 rings (SSSR count). The molecule has 0 unspecified atom stereocenters. The predicted octanol–water partition coefficient (Wildman–Crippen LogP) is 10.7. The molecule has 0 aliphatic heterocycles. The second-order valence-corrected chi connectivity index (χ2v) is 10.2. The van der Waals surface area contributed by atoms with Gasteiger partial charge in [0, 0.05) is 0 Å². The standard InChI is InChI=1S/C28H52S/c1-3-5-7-9-11-13-14-16-18-20-22-27(25-28-23-24-29-26-28)21-19-17-15-12-10-8-6-4-2/h23-24,26-27H,3-22,25H2,1-2H3/t27-/m0/s1. The molecule has 1 heterocycles. The molecule has 0 spiro atoms. The molecule has 0 amide bonds. The van der Waals surface area contributed by atoms with Crippen molar-refractivity contribution in [3.05, 3.63) is 22.4 Å². The number of thiophene rings is 1. The quantitative estimate of drug-likeness (QED) is 0.164. The van der Waals surface area contributed by atoms with E-state index in [4.69, 9.17) is 0 Å². The van der Waals surface area contributed by atoms with E-state index in [0.29, 0.717) is 0 Å². The van der Waals surface area contributed by atoms with E-state index in [1.807, 2.05) is 11.3 Å². The van der Waals surface area contributed by atoms with Crippen LogP contribution in [-0.4, -0.2) is 0 Å². The average Bonchev–Trinajstić information content (AvgIpc) is 3.24. The van der Waals surface area contributed by atoms with Crippen molar-refractivity contribution in [3.8, 4) is 0 Å². The van der Waals surface area contributed by atoms with Gasteiger partial charge in [-0.25, -0.2) is 0 Å². The zero-order valence-corrected chi connectivity index (χ0v) is 20.9. The number of rotatable bonds is 22. The van der Waals surface area contributed by atoms with Crippen molar-refractivity contribution in [1.29, 1.82) is 0 Å². The highest BCUT2D eigenvalue weighted by Crippen LogP contribution is 2.24. The predicted molar refractivity (Wildman–Crippen MR) is 135 cm³/mol. The van der Waals surface area contributed by atoms with Crippen molar-refractivity contribution in [3.63, 3.8) is 0 Å². The maximum absolute atomic E-state index is 2.37.